The summed E-state index contributed by atoms with van der Waals surface area (Å²) in [6.07, 6.45) is 5.68. The van der Waals surface area contributed by atoms with E-state index in [0.717, 1.165) is 16.6 Å². The third-order valence-electron chi connectivity index (χ3n) is 4.86. The minimum absolute atomic E-state index is 0.0327. The highest BCUT2D eigenvalue weighted by Crippen LogP contribution is 2.26. The maximum Gasteiger partial charge on any atom is 0.218 e. The van der Waals surface area contributed by atoms with E-state index in [1.54, 1.807) is 18.5 Å². The van der Waals surface area contributed by atoms with Crippen LogP contribution >= 0.6 is 11.6 Å². The van der Waals surface area contributed by atoms with E-state index < -0.39 is 11.6 Å². The number of anilines is 1. The minimum Gasteiger partial charge on any atom is -0.481 e. The predicted octanol–water partition coefficient (Wildman–Crippen LogP) is 5.30. The number of nitrogens with one attached hydrogen (secondary N) is 2. The van der Waals surface area contributed by atoms with Gasteiger partial charge in [0.2, 0.25) is 5.88 Å². The maximum atomic E-state index is 15.0. The Morgan fingerprint density at radius 3 is 2.80 bits per heavy atom. The van der Waals surface area contributed by atoms with Crippen molar-refractivity contribution in [2.24, 2.45) is 0 Å². The van der Waals surface area contributed by atoms with Gasteiger partial charge < -0.3 is 15.0 Å². The minimum atomic E-state index is -0.611. The molecule has 0 amide bonds. The molecule has 0 aliphatic rings. The number of rotatable bonds is 7. The highest BCUT2D eigenvalue weighted by molar-refractivity contribution is 6.30. The smallest absolute Gasteiger partial charge is 0.218 e. The summed E-state index contributed by atoms with van der Waals surface area (Å²) in [4.78, 5) is 11.4. The molecule has 4 aromatic rings. The molecule has 0 aliphatic carbocycles. The Balaban J connectivity index is 1.51. The van der Waals surface area contributed by atoms with Gasteiger partial charge in [0.05, 0.1) is 17.8 Å². The van der Waals surface area contributed by atoms with E-state index in [9.17, 15) is 4.39 Å². The average molecular weight is 429 g/mol. The van der Waals surface area contributed by atoms with Crippen molar-refractivity contribution in [2.75, 3.05) is 12.4 Å². The highest BCUT2D eigenvalue weighted by Gasteiger charge is 2.15. The first-order valence-corrected chi connectivity index (χ1v) is 9.74. The van der Waals surface area contributed by atoms with E-state index in [2.05, 4.69) is 20.3 Å². The number of hydrogen-bond acceptors (Lipinski definition) is 4. The Labute approximate surface area is 177 Å². The van der Waals surface area contributed by atoms with E-state index in [0.29, 0.717) is 22.9 Å². The molecular weight excluding hydrogens is 410 g/mol. The Hall–Kier alpha value is -3.19. The van der Waals surface area contributed by atoms with Crippen LogP contribution in [0.25, 0.3) is 11.0 Å². The molecule has 0 radical (unpaired) electrons. The number of aryl methyl sites for hydroxylation is 1. The van der Waals surface area contributed by atoms with Crippen molar-refractivity contribution in [3.8, 4) is 5.88 Å². The number of nitrogens with zero attached hydrogens (tertiary/aromatic N) is 2. The van der Waals surface area contributed by atoms with Gasteiger partial charge in [0, 0.05) is 41.6 Å². The summed E-state index contributed by atoms with van der Waals surface area (Å²) < 4.78 is 34.5. The fraction of sp³-hybridized carbons (Fsp3) is 0.182. The molecule has 30 heavy (non-hydrogen) atoms. The molecule has 154 valence electrons. The summed E-state index contributed by atoms with van der Waals surface area (Å²) in [6, 6.07) is 8.21. The van der Waals surface area contributed by atoms with Gasteiger partial charge in [-0.15, -0.1) is 0 Å². The zero-order chi connectivity index (χ0) is 21.1. The number of halogens is 3. The molecule has 0 spiro atoms. The zero-order valence-corrected chi connectivity index (χ0v) is 16.9. The molecule has 0 bridgehead atoms. The van der Waals surface area contributed by atoms with Crippen LogP contribution in [0.3, 0.4) is 0 Å². The molecule has 2 N–H and O–H groups in total. The Bertz CT molecular complexity index is 1200. The lowest BCUT2D eigenvalue weighted by molar-refractivity contribution is 0.393. The van der Waals surface area contributed by atoms with Gasteiger partial charge in [0.1, 0.15) is 11.5 Å². The molecule has 0 atom stereocenters. The monoisotopic (exact) mass is 428 g/mol. The van der Waals surface area contributed by atoms with Crippen molar-refractivity contribution in [1.29, 1.82) is 0 Å². The number of H-pyrrole nitrogens is 1. The number of pyridine rings is 2. The van der Waals surface area contributed by atoms with Gasteiger partial charge in [-0.2, -0.15) is 0 Å². The van der Waals surface area contributed by atoms with Crippen molar-refractivity contribution >= 4 is 28.3 Å². The first-order chi connectivity index (χ1) is 14.5. The summed E-state index contributed by atoms with van der Waals surface area (Å²) in [5.74, 6) is -0.794. The standard InChI is InChI=1S/C22H19ClF2N4O/c1-30-22-15(9-16(23)12-29-22)11-27-19-5-4-18(24)17(20(19)25)3-2-13-8-14-6-7-26-21(14)28-10-13/h4-10,12,27H,2-3,11H2,1H3,(H,26,28). The Kier molecular flexibility index (Phi) is 5.81. The summed E-state index contributed by atoms with van der Waals surface area (Å²) in [5.41, 5.74) is 2.60. The number of methoxy groups -OCH3 is 1. The molecule has 4 rings (SSSR count). The van der Waals surface area contributed by atoms with E-state index in [1.165, 1.54) is 25.4 Å². The van der Waals surface area contributed by atoms with Crippen molar-refractivity contribution < 1.29 is 13.5 Å². The van der Waals surface area contributed by atoms with Crippen LogP contribution in [0.5, 0.6) is 5.88 Å². The van der Waals surface area contributed by atoms with Gasteiger partial charge in [-0.1, -0.05) is 11.6 Å². The van der Waals surface area contributed by atoms with Crippen LogP contribution in [0.15, 0.2) is 48.9 Å². The molecule has 0 saturated heterocycles. The molecule has 8 heteroatoms. The van der Waals surface area contributed by atoms with Gasteiger partial charge >= 0.3 is 0 Å². The van der Waals surface area contributed by atoms with E-state index in [4.69, 9.17) is 16.3 Å². The lowest BCUT2D eigenvalue weighted by Crippen LogP contribution is -2.07. The molecule has 0 fully saturated rings. The molecule has 0 saturated carbocycles. The SMILES string of the molecule is COc1ncc(Cl)cc1CNc1ccc(F)c(CCc2cnc3[nH]ccc3c2)c1F. The third-order valence-corrected chi connectivity index (χ3v) is 5.07. The lowest BCUT2D eigenvalue weighted by Gasteiger charge is -2.13. The predicted molar refractivity (Wildman–Crippen MR) is 113 cm³/mol. The number of ether oxygens (including phenoxy) is 1. The fourth-order valence-electron chi connectivity index (χ4n) is 3.32. The van der Waals surface area contributed by atoms with Crippen molar-refractivity contribution in [1.82, 2.24) is 15.0 Å². The van der Waals surface area contributed by atoms with Crippen LogP contribution in [0, 0.1) is 11.6 Å². The molecule has 3 heterocycles. The van der Waals surface area contributed by atoms with Crippen LogP contribution in [-0.4, -0.2) is 22.1 Å². The second-order valence-electron chi connectivity index (χ2n) is 6.82. The lowest BCUT2D eigenvalue weighted by atomic mass is 10.0. The average Bonchev–Trinajstić information content (AvgIpc) is 3.21. The van der Waals surface area contributed by atoms with Gasteiger partial charge in [-0.25, -0.2) is 18.7 Å². The third kappa shape index (κ3) is 4.21. The second-order valence-corrected chi connectivity index (χ2v) is 7.26. The summed E-state index contributed by atoms with van der Waals surface area (Å²) >= 11 is 5.98. The summed E-state index contributed by atoms with van der Waals surface area (Å²) in [7, 11) is 1.50. The van der Waals surface area contributed by atoms with Gasteiger partial charge in [0.25, 0.3) is 0 Å². The second kappa shape index (κ2) is 8.67. The first-order valence-electron chi connectivity index (χ1n) is 9.36. The molecule has 3 aromatic heterocycles. The number of fused-ring (bicyclic) bond motifs is 1. The van der Waals surface area contributed by atoms with Gasteiger partial charge in [-0.3, -0.25) is 0 Å². The largest absolute Gasteiger partial charge is 0.481 e. The molecule has 0 unspecified atom stereocenters. The fourth-order valence-corrected chi connectivity index (χ4v) is 3.50. The van der Waals surface area contributed by atoms with Gasteiger partial charge in [0.15, 0.2) is 5.82 Å². The quantitative estimate of drug-likeness (QED) is 0.419. The Morgan fingerprint density at radius 1 is 1.10 bits per heavy atom. The maximum absolute atomic E-state index is 15.0. The van der Waals surface area contributed by atoms with Crippen LogP contribution in [0.4, 0.5) is 14.5 Å². The normalized spacial score (nSPS) is 11.1. The van der Waals surface area contributed by atoms with Crippen LogP contribution in [0.1, 0.15) is 16.7 Å². The molecule has 1 aromatic carbocycles. The highest BCUT2D eigenvalue weighted by atomic mass is 35.5. The van der Waals surface area contributed by atoms with E-state index >= 15 is 4.39 Å². The van der Waals surface area contributed by atoms with Crippen molar-refractivity contribution in [3.05, 3.63) is 82.3 Å². The van der Waals surface area contributed by atoms with E-state index in [-0.39, 0.29) is 24.2 Å². The molecular formula is C22H19ClF2N4O. The van der Waals surface area contributed by atoms with Gasteiger partial charge in [-0.05, 0) is 48.7 Å². The number of aromatic amines is 1. The van der Waals surface area contributed by atoms with Crippen LogP contribution in [0.2, 0.25) is 5.02 Å². The number of benzene rings is 1. The topological polar surface area (TPSA) is 62.8 Å². The zero-order valence-electron chi connectivity index (χ0n) is 16.2. The first kappa shape index (κ1) is 20.1. The van der Waals surface area contributed by atoms with E-state index in [1.807, 2.05) is 12.1 Å². The number of hydrogen-bond donors (Lipinski definition) is 2. The molecule has 5 nitrogen and oxygen atoms in total. The van der Waals surface area contributed by atoms with Crippen molar-refractivity contribution in [3.63, 3.8) is 0 Å². The summed E-state index contributed by atoms with van der Waals surface area (Å²) in [5, 5.41) is 4.39. The summed E-state index contributed by atoms with van der Waals surface area (Å²) in [6.45, 7) is 0.229. The van der Waals surface area contributed by atoms with Crippen molar-refractivity contribution in [2.45, 2.75) is 19.4 Å². The van der Waals surface area contributed by atoms with Crippen LogP contribution in [-0.2, 0) is 19.4 Å². The van der Waals surface area contributed by atoms with Crippen LogP contribution < -0.4 is 10.1 Å². The Morgan fingerprint density at radius 2 is 1.97 bits per heavy atom. The number of aromatic nitrogens is 3. The molecule has 0 aliphatic heterocycles.